The highest BCUT2D eigenvalue weighted by Crippen LogP contribution is 2.25. The SMILES string of the molecule is O=C(c1cc(Cl)ccc1Cl)N1CCN(c2ccc(OC3CCCCC3)nn2)CC1. The zero-order chi connectivity index (χ0) is 20.2. The van der Waals surface area contributed by atoms with Crippen LogP contribution in [-0.2, 0) is 0 Å². The number of benzene rings is 1. The van der Waals surface area contributed by atoms with Crippen LogP contribution in [0.25, 0.3) is 0 Å². The van der Waals surface area contributed by atoms with Gasteiger partial charge in [0, 0.05) is 37.3 Å². The normalized spacial score (nSPS) is 18.0. The first-order valence-corrected chi connectivity index (χ1v) is 10.9. The van der Waals surface area contributed by atoms with E-state index in [2.05, 4.69) is 15.1 Å². The van der Waals surface area contributed by atoms with Crippen molar-refractivity contribution in [3.8, 4) is 5.88 Å². The van der Waals surface area contributed by atoms with Gasteiger partial charge in [-0.1, -0.05) is 29.6 Å². The van der Waals surface area contributed by atoms with Crippen molar-refractivity contribution < 1.29 is 9.53 Å². The van der Waals surface area contributed by atoms with Crippen molar-refractivity contribution in [1.29, 1.82) is 0 Å². The van der Waals surface area contributed by atoms with E-state index in [-0.39, 0.29) is 12.0 Å². The lowest BCUT2D eigenvalue weighted by Crippen LogP contribution is -2.49. The van der Waals surface area contributed by atoms with E-state index >= 15 is 0 Å². The summed E-state index contributed by atoms with van der Waals surface area (Å²) in [5, 5.41) is 9.49. The fraction of sp³-hybridized carbons (Fsp3) is 0.476. The summed E-state index contributed by atoms with van der Waals surface area (Å²) in [6.07, 6.45) is 6.19. The van der Waals surface area contributed by atoms with Crippen LogP contribution in [0.1, 0.15) is 42.5 Å². The number of ether oxygens (including phenoxy) is 1. The minimum atomic E-state index is -0.0977. The molecule has 8 heteroatoms. The molecule has 1 saturated carbocycles. The number of halogens is 2. The molecule has 1 amide bonds. The maximum atomic E-state index is 12.8. The minimum Gasteiger partial charge on any atom is -0.473 e. The second-order valence-electron chi connectivity index (χ2n) is 7.51. The number of rotatable bonds is 4. The smallest absolute Gasteiger partial charge is 0.255 e. The maximum absolute atomic E-state index is 12.8. The molecule has 29 heavy (non-hydrogen) atoms. The van der Waals surface area contributed by atoms with Crippen LogP contribution in [0.2, 0.25) is 10.0 Å². The maximum Gasteiger partial charge on any atom is 0.255 e. The van der Waals surface area contributed by atoms with Crippen molar-refractivity contribution >= 4 is 34.9 Å². The van der Waals surface area contributed by atoms with Gasteiger partial charge in [-0.25, -0.2) is 0 Å². The molecule has 1 aromatic carbocycles. The van der Waals surface area contributed by atoms with E-state index in [0.717, 1.165) is 18.7 Å². The highest BCUT2D eigenvalue weighted by molar-refractivity contribution is 6.35. The molecule has 0 N–H and O–H groups in total. The van der Waals surface area contributed by atoms with Gasteiger partial charge in [0.25, 0.3) is 5.91 Å². The van der Waals surface area contributed by atoms with Crippen molar-refractivity contribution in [3.63, 3.8) is 0 Å². The average Bonchev–Trinajstić information content (AvgIpc) is 2.76. The average molecular weight is 435 g/mol. The monoisotopic (exact) mass is 434 g/mol. The fourth-order valence-corrected chi connectivity index (χ4v) is 4.24. The molecule has 154 valence electrons. The van der Waals surface area contributed by atoms with Crippen LogP contribution in [0.3, 0.4) is 0 Å². The van der Waals surface area contributed by atoms with E-state index in [1.54, 1.807) is 23.1 Å². The topological polar surface area (TPSA) is 58.6 Å². The van der Waals surface area contributed by atoms with Crippen LogP contribution in [-0.4, -0.2) is 53.3 Å². The molecule has 2 aliphatic rings. The van der Waals surface area contributed by atoms with Crippen molar-refractivity contribution in [2.24, 2.45) is 0 Å². The first-order chi connectivity index (χ1) is 14.1. The predicted molar refractivity (Wildman–Crippen MR) is 114 cm³/mol. The van der Waals surface area contributed by atoms with E-state index in [1.165, 1.54) is 19.3 Å². The van der Waals surface area contributed by atoms with E-state index < -0.39 is 0 Å². The summed E-state index contributed by atoms with van der Waals surface area (Å²) in [4.78, 5) is 16.7. The van der Waals surface area contributed by atoms with Gasteiger partial charge in [-0.15, -0.1) is 10.2 Å². The molecule has 4 rings (SSSR count). The largest absolute Gasteiger partial charge is 0.473 e. The molecular weight excluding hydrogens is 411 g/mol. The summed E-state index contributed by atoms with van der Waals surface area (Å²) in [5.74, 6) is 1.29. The molecule has 6 nitrogen and oxygen atoms in total. The molecule has 1 aromatic heterocycles. The molecule has 1 aliphatic heterocycles. The lowest BCUT2D eigenvalue weighted by molar-refractivity contribution is 0.0746. The van der Waals surface area contributed by atoms with Gasteiger partial charge in [-0.05, 0) is 49.9 Å². The lowest BCUT2D eigenvalue weighted by Gasteiger charge is -2.35. The number of piperazine rings is 1. The van der Waals surface area contributed by atoms with Gasteiger partial charge in [-0.2, -0.15) is 0 Å². The summed E-state index contributed by atoms with van der Waals surface area (Å²) in [7, 11) is 0. The van der Waals surface area contributed by atoms with Crippen LogP contribution in [0.5, 0.6) is 5.88 Å². The number of carbonyl (C=O) groups excluding carboxylic acids is 1. The van der Waals surface area contributed by atoms with E-state index in [1.807, 2.05) is 12.1 Å². The Morgan fingerprint density at radius 3 is 2.41 bits per heavy atom. The standard InChI is InChI=1S/C21H24Cl2N4O2/c22-15-6-7-18(23)17(14-15)21(28)27-12-10-26(11-13-27)19-8-9-20(25-24-19)29-16-4-2-1-3-5-16/h6-9,14,16H,1-5,10-13H2. The van der Waals surface area contributed by atoms with Gasteiger partial charge in [0.2, 0.25) is 5.88 Å². The Labute approximate surface area is 180 Å². The van der Waals surface area contributed by atoms with Crippen molar-refractivity contribution in [2.75, 3.05) is 31.1 Å². The van der Waals surface area contributed by atoms with Gasteiger partial charge < -0.3 is 14.5 Å². The molecule has 2 heterocycles. The van der Waals surface area contributed by atoms with E-state index in [9.17, 15) is 4.79 Å². The number of aromatic nitrogens is 2. The third-order valence-electron chi connectivity index (χ3n) is 5.52. The number of hydrogen-bond donors (Lipinski definition) is 0. The third-order valence-corrected chi connectivity index (χ3v) is 6.08. The Morgan fingerprint density at radius 1 is 0.966 bits per heavy atom. The molecular formula is C21H24Cl2N4O2. The van der Waals surface area contributed by atoms with Crippen molar-refractivity contribution in [1.82, 2.24) is 15.1 Å². The van der Waals surface area contributed by atoms with Crippen LogP contribution in [0.15, 0.2) is 30.3 Å². The van der Waals surface area contributed by atoms with E-state index in [0.29, 0.717) is 47.7 Å². The highest BCUT2D eigenvalue weighted by atomic mass is 35.5. The Kier molecular flexibility index (Phi) is 6.40. The summed E-state index contributed by atoms with van der Waals surface area (Å²) in [6.45, 7) is 2.54. The quantitative estimate of drug-likeness (QED) is 0.710. The number of amides is 1. The highest BCUT2D eigenvalue weighted by Gasteiger charge is 2.25. The third kappa shape index (κ3) is 4.93. The first kappa shape index (κ1) is 20.2. The molecule has 1 aliphatic carbocycles. The minimum absolute atomic E-state index is 0.0977. The lowest BCUT2D eigenvalue weighted by atomic mass is 9.98. The Morgan fingerprint density at radius 2 is 1.72 bits per heavy atom. The second-order valence-corrected chi connectivity index (χ2v) is 8.35. The molecule has 2 fully saturated rings. The van der Waals surface area contributed by atoms with Crippen LogP contribution < -0.4 is 9.64 Å². The van der Waals surface area contributed by atoms with Crippen molar-refractivity contribution in [3.05, 3.63) is 45.9 Å². The molecule has 0 bridgehead atoms. The Balaban J connectivity index is 1.33. The molecule has 0 atom stereocenters. The molecule has 0 radical (unpaired) electrons. The van der Waals surface area contributed by atoms with Gasteiger partial charge in [0.05, 0.1) is 10.6 Å². The molecule has 0 spiro atoms. The van der Waals surface area contributed by atoms with Gasteiger partial charge >= 0.3 is 0 Å². The zero-order valence-corrected chi connectivity index (χ0v) is 17.7. The van der Waals surface area contributed by atoms with Crippen LogP contribution in [0, 0.1) is 0 Å². The van der Waals surface area contributed by atoms with Crippen LogP contribution in [0.4, 0.5) is 5.82 Å². The van der Waals surface area contributed by atoms with Gasteiger partial charge in [0.1, 0.15) is 6.10 Å². The van der Waals surface area contributed by atoms with E-state index in [4.69, 9.17) is 27.9 Å². The molecule has 2 aromatic rings. The Hall–Kier alpha value is -2.05. The van der Waals surface area contributed by atoms with Gasteiger partial charge in [0.15, 0.2) is 5.82 Å². The molecule has 1 saturated heterocycles. The van der Waals surface area contributed by atoms with Crippen molar-refractivity contribution in [2.45, 2.75) is 38.2 Å². The summed E-state index contributed by atoms with van der Waals surface area (Å²) < 4.78 is 5.95. The fourth-order valence-electron chi connectivity index (χ4n) is 3.87. The Bertz CT molecular complexity index is 848. The summed E-state index contributed by atoms with van der Waals surface area (Å²) in [6, 6.07) is 8.78. The number of anilines is 1. The summed E-state index contributed by atoms with van der Waals surface area (Å²) >= 11 is 12.2. The summed E-state index contributed by atoms with van der Waals surface area (Å²) in [5.41, 5.74) is 0.441. The van der Waals surface area contributed by atoms with Gasteiger partial charge in [-0.3, -0.25) is 4.79 Å². The number of hydrogen-bond acceptors (Lipinski definition) is 5. The molecule has 0 unspecified atom stereocenters. The predicted octanol–water partition coefficient (Wildman–Crippen LogP) is 4.46. The second kappa shape index (κ2) is 9.18. The number of carbonyl (C=O) groups is 1. The first-order valence-electron chi connectivity index (χ1n) is 10.1. The number of nitrogens with zero attached hydrogens (tertiary/aromatic N) is 4. The zero-order valence-electron chi connectivity index (χ0n) is 16.2. The van der Waals surface area contributed by atoms with Crippen LogP contribution >= 0.6 is 23.2 Å².